The third kappa shape index (κ3) is 5.02. The van der Waals surface area contributed by atoms with Crippen molar-refractivity contribution in [2.45, 2.75) is 32.8 Å². The summed E-state index contributed by atoms with van der Waals surface area (Å²) in [4.78, 5) is 0.363. The van der Waals surface area contributed by atoms with Gasteiger partial charge in [-0.1, -0.05) is 55.7 Å². The van der Waals surface area contributed by atoms with Crippen molar-refractivity contribution >= 4 is 28.8 Å². The average Bonchev–Trinajstić information content (AvgIpc) is 2.30. The third-order valence-corrected chi connectivity index (χ3v) is 3.07. The molecule has 4 heteroatoms. The first kappa shape index (κ1) is 14.4. The second-order valence-electron chi connectivity index (χ2n) is 3.93. The van der Waals surface area contributed by atoms with Crippen LogP contribution < -0.4 is 5.73 Å². The summed E-state index contributed by atoms with van der Waals surface area (Å²) in [6.45, 7) is 3.49. The molecule has 0 saturated carbocycles. The largest absolute Gasteiger partial charge is 0.389 e. The molecule has 2 N–H and O–H groups in total. The molecule has 0 aliphatic rings. The molecular formula is C13H18ClNOS. The van der Waals surface area contributed by atoms with Gasteiger partial charge in [0, 0.05) is 17.2 Å². The molecule has 0 aromatic heterocycles. The lowest BCUT2D eigenvalue weighted by Gasteiger charge is -2.07. The van der Waals surface area contributed by atoms with Crippen LogP contribution in [0.4, 0.5) is 0 Å². The van der Waals surface area contributed by atoms with Crippen LogP contribution in [-0.4, -0.2) is 11.6 Å². The van der Waals surface area contributed by atoms with E-state index in [0.717, 1.165) is 24.2 Å². The van der Waals surface area contributed by atoms with Crippen LogP contribution in [0.2, 0.25) is 5.02 Å². The first-order chi connectivity index (χ1) is 8.15. The van der Waals surface area contributed by atoms with Crippen LogP contribution >= 0.6 is 23.8 Å². The Labute approximate surface area is 113 Å². The van der Waals surface area contributed by atoms with Gasteiger partial charge in [-0.25, -0.2) is 0 Å². The molecule has 17 heavy (non-hydrogen) atoms. The highest BCUT2D eigenvalue weighted by Gasteiger charge is 2.03. The Hall–Kier alpha value is -0.640. The lowest BCUT2D eigenvalue weighted by atomic mass is 10.1. The van der Waals surface area contributed by atoms with Crippen LogP contribution in [0, 0.1) is 0 Å². The van der Waals surface area contributed by atoms with Gasteiger partial charge in [0.15, 0.2) is 0 Å². The van der Waals surface area contributed by atoms with E-state index in [2.05, 4.69) is 6.92 Å². The van der Waals surface area contributed by atoms with E-state index in [1.165, 1.54) is 12.8 Å². The predicted molar refractivity (Wildman–Crippen MR) is 76.5 cm³/mol. The zero-order valence-corrected chi connectivity index (χ0v) is 11.6. The van der Waals surface area contributed by atoms with E-state index in [1.54, 1.807) is 6.07 Å². The van der Waals surface area contributed by atoms with Crippen LogP contribution in [0.3, 0.4) is 0 Å². The van der Waals surface area contributed by atoms with Gasteiger partial charge in [0.25, 0.3) is 0 Å². The van der Waals surface area contributed by atoms with Crippen molar-refractivity contribution in [3.63, 3.8) is 0 Å². The van der Waals surface area contributed by atoms with Crippen LogP contribution in [0.5, 0.6) is 0 Å². The molecule has 1 aromatic carbocycles. The second kappa shape index (κ2) is 7.64. The summed E-state index contributed by atoms with van der Waals surface area (Å²) >= 11 is 11.0. The smallest absolute Gasteiger partial charge is 0.104 e. The molecule has 1 aromatic rings. The molecule has 0 unspecified atom stereocenters. The Morgan fingerprint density at radius 1 is 1.41 bits per heavy atom. The van der Waals surface area contributed by atoms with Crippen molar-refractivity contribution in [3.8, 4) is 0 Å². The summed E-state index contributed by atoms with van der Waals surface area (Å²) in [6, 6.07) is 5.57. The highest BCUT2D eigenvalue weighted by Crippen LogP contribution is 2.19. The third-order valence-electron chi connectivity index (χ3n) is 2.49. The van der Waals surface area contributed by atoms with E-state index < -0.39 is 0 Å². The molecule has 2 nitrogen and oxygen atoms in total. The van der Waals surface area contributed by atoms with Crippen molar-refractivity contribution in [2.75, 3.05) is 6.61 Å². The predicted octanol–water partition coefficient (Wildman–Crippen LogP) is 3.68. The maximum atomic E-state index is 6.12. The summed E-state index contributed by atoms with van der Waals surface area (Å²) in [5.74, 6) is 0. The summed E-state index contributed by atoms with van der Waals surface area (Å²) in [7, 11) is 0. The molecule has 0 bridgehead atoms. The lowest BCUT2D eigenvalue weighted by Crippen LogP contribution is -2.09. The molecule has 1 rings (SSSR count). The highest BCUT2D eigenvalue weighted by atomic mass is 35.5. The number of thiocarbonyl (C=S) groups is 1. The fraction of sp³-hybridized carbons (Fsp3) is 0.462. The Morgan fingerprint density at radius 3 is 2.76 bits per heavy atom. The summed E-state index contributed by atoms with van der Waals surface area (Å²) in [6.07, 6.45) is 3.50. The minimum absolute atomic E-state index is 0.363. The Kier molecular flexibility index (Phi) is 6.48. The van der Waals surface area contributed by atoms with Gasteiger partial charge < -0.3 is 10.5 Å². The molecule has 0 heterocycles. The normalized spacial score (nSPS) is 10.5. The number of nitrogens with two attached hydrogens (primary N) is 1. The minimum atomic E-state index is 0.363. The molecule has 0 aliphatic heterocycles. The van der Waals surface area contributed by atoms with Crippen molar-refractivity contribution in [1.82, 2.24) is 0 Å². The van der Waals surface area contributed by atoms with E-state index in [0.29, 0.717) is 16.6 Å². The molecule has 0 amide bonds. The maximum absolute atomic E-state index is 6.12. The van der Waals surface area contributed by atoms with Crippen molar-refractivity contribution in [1.29, 1.82) is 0 Å². The monoisotopic (exact) mass is 271 g/mol. The second-order valence-corrected chi connectivity index (χ2v) is 4.78. The van der Waals surface area contributed by atoms with Gasteiger partial charge in [-0.05, 0) is 18.1 Å². The number of hydrogen-bond acceptors (Lipinski definition) is 2. The lowest BCUT2D eigenvalue weighted by molar-refractivity contribution is 0.117. The number of benzene rings is 1. The fourth-order valence-electron chi connectivity index (χ4n) is 1.45. The molecule has 0 spiro atoms. The van der Waals surface area contributed by atoms with Gasteiger partial charge in [0.05, 0.1) is 6.61 Å². The molecular weight excluding hydrogens is 254 g/mol. The first-order valence-electron chi connectivity index (χ1n) is 5.81. The highest BCUT2D eigenvalue weighted by molar-refractivity contribution is 7.80. The van der Waals surface area contributed by atoms with Crippen LogP contribution in [0.1, 0.15) is 37.3 Å². The Morgan fingerprint density at radius 2 is 2.18 bits per heavy atom. The van der Waals surface area contributed by atoms with Gasteiger partial charge in [-0.2, -0.15) is 0 Å². The number of rotatable bonds is 7. The van der Waals surface area contributed by atoms with E-state index in [9.17, 15) is 0 Å². The Bertz CT molecular complexity index is 382. The standard InChI is InChI=1S/C13H18ClNOS/c1-2-3-4-7-16-9-11-6-5-10(13(15)17)8-12(11)14/h5-6,8H,2-4,7,9H2,1H3,(H2,15,17). The van der Waals surface area contributed by atoms with Gasteiger partial charge in [-0.15, -0.1) is 0 Å². The zero-order valence-electron chi connectivity index (χ0n) is 10.0. The van der Waals surface area contributed by atoms with E-state index in [-0.39, 0.29) is 0 Å². The molecule has 0 atom stereocenters. The van der Waals surface area contributed by atoms with E-state index in [4.69, 9.17) is 34.3 Å². The van der Waals surface area contributed by atoms with Crippen LogP contribution in [0.25, 0.3) is 0 Å². The topological polar surface area (TPSA) is 35.2 Å². The number of ether oxygens (including phenoxy) is 1. The summed E-state index contributed by atoms with van der Waals surface area (Å²) < 4.78 is 5.55. The summed E-state index contributed by atoms with van der Waals surface area (Å²) in [5, 5.41) is 0.658. The van der Waals surface area contributed by atoms with Crippen LogP contribution in [0.15, 0.2) is 18.2 Å². The molecule has 94 valence electrons. The van der Waals surface area contributed by atoms with E-state index >= 15 is 0 Å². The maximum Gasteiger partial charge on any atom is 0.104 e. The average molecular weight is 272 g/mol. The number of halogens is 1. The van der Waals surface area contributed by atoms with Gasteiger partial charge in [0.1, 0.15) is 4.99 Å². The van der Waals surface area contributed by atoms with Gasteiger partial charge >= 0.3 is 0 Å². The number of unbranched alkanes of at least 4 members (excludes halogenated alkanes) is 2. The van der Waals surface area contributed by atoms with Gasteiger partial charge in [-0.3, -0.25) is 0 Å². The minimum Gasteiger partial charge on any atom is -0.389 e. The SMILES string of the molecule is CCCCCOCc1ccc(C(N)=S)cc1Cl. The molecule has 0 saturated heterocycles. The zero-order chi connectivity index (χ0) is 12.7. The molecule has 0 aliphatic carbocycles. The molecule has 0 radical (unpaired) electrons. The first-order valence-corrected chi connectivity index (χ1v) is 6.59. The Balaban J connectivity index is 2.46. The van der Waals surface area contributed by atoms with Crippen molar-refractivity contribution in [3.05, 3.63) is 34.3 Å². The van der Waals surface area contributed by atoms with Crippen LogP contribution in [-0.2, 0) is 11.3 Å². The fourth-order valence-corrected chi connectivity index (χ4v) is 1.82. The number of hydrogen-bond donors (Lipinski definition) is 1. The van der Waals surface area contributed by atoms with Crippen molar-refractivity contribution in [2.24, 2.45) is 5.73 Å². The summed E-state index contributed by atoms with van der Waals surface area (Å²) in [5.41, 5.74) is 7.30. The van der Waals surface area contributed by atoms with Gasteiger partial charge in [0.2, 0.25) is 0 Å². The quantitative estimate of drug-likeness (QED) is 0.607. The van der Waals surface area contributed by atoms with E-state index in [1.807, 2.05) is 12.1 Å². The molecule has 0 fully saturated rings. The van der Waals surface area contributed by atoms with Crippen molar-refractivity contribution < 1.29 is 4.74 Å².